The second-order valence-electron chi connectivity index (χ2n) is 4.01. The Balaban J connectivity index is 0.000000861. The van der Waals surface area contributed by atoms with Crippen LogP contribution < -0.4 is 5.32 Å². The minimum Gasteiger partial charge on any atom is -0.470 e. The van der Waals surface area contributed by atoms with E-state index in [1.807, 2.05) is 51.2 Å². The maximum atomic E-state index is 11.8. The van der Waals surface area contributed by atoms with Gasteiger partial charge in [0.05, 0.1) is 5.92 Å². The highest BCUT2D eigenvalue weighted by atomic mass is 16.5. The number of amides is 1. The lowest BCUT2D eigenvalue weighted by atomic mass is 9.95. The van der Waals surface area contributed by atoms with Gasteiger partial charge in [-0.3, -0.25) is 10.1 Å². The van der Waals surface area contributed by atoms with Crippen LogP contribution in [-0.4, -0.2) is 12.0 Å². The molecule has 1 saturated heterocycles. The Hall–Kier alpha value is -2.03. The van der Waals surface area contributed by atoms with Crippen LogP contribution in [0, 0.1) is 5.92 Å². The van der Waals surface area contributed by atoms with E-state index in [1.165, 1.54) is 0 Å². The average Bonchev–Trinajstić information content (AvgIpc) is 2.47. The Morgan fingerprint density at radius 1 is 1.37 bits per heavy atom. The summed E-state index contributed by atoms with van der Waals surface area (Å²) in [5.41, 5.74) is 1.01. The predicted octanol–water partition coefficient (Wildman–Crippen LogP) is 3.24. The van der Waals surface area contributed by atoms with E-state index in [2.05, 4.69) is 11.9 Å². The summed E-state index contributed by atoms with van der Waals surface area (Å²) in [7, 11) is 0. The monoisotopic (exact) mass is 259 g/mol. The average molecular weight is 259 g/mol. The topological polar surface area (TPSA) is 38.3 Å². The van der Waals surface area contributed by atoms with Gasteiger partial charge in [0.2, 0.25) is 5.91 Å². The van der Waals surface area contributed by atoms with Gasteiger partial charge >= 0.3 is 0 Å². The fourth-order valence-electron chi connectivity index (χ4n) is 1.67. The van der Waals surface area contributed by atoms with Crippen molar-refractivity contribution >= 4 is 5.91 Å². The molecule has 2 unspecified atom stereocenters. The van der Waals surface area contributed by atoms with Crippen molar-refractivity contribution in [2.75, 3.05) is 0 Å². The second-order valence-corrected chi connectivity index (χ2v) is 4.01. The largest absolute Gasteiger partial charge is 0.470 e. The third kappa shape index (κ3) is 3.98. The molecule has 102 valence electrons. The van der Waals surface area contributed by atoms with Crippen molar-refractivity contribution < 1.29 is 9.53 Å². The smallest absolute Gasteiger partial charge is 0.237 e. The van der Waals surface area contributed by atoms with Crippen molar-refractivity contribution in [2.45, 2.75) is 26.9 Å². The van der Waals surface area contributed by atoms with Crippen LogP contribution in [0.1, 0.15) is 20.8 Å². The Kier molecular flexibility index (Phi) is 5.86. The van der Waals surface area contributed by atoms with Gasteiger partial charge in [0.25, 0.3) is 0 Å². The van der Waals surface area contributed by atoms with Crippen LogP contribution in [0.2, 0.25) is 0 Å². The quantitative estimate of drug-likeness (QED) is 0.773. The molecule has 1 fully saturated rings. The molecule has 19 heavy (non-hydrogen) atoms. The molecule has 0 aromatic carbocycles. The Morgan fingerprint density at radius 2 is 2.05 bits per heavy atom. The normalized spacial score (nSPS) is 26.8. The van der Waals surface area contributed by atoms with Gasteiger partial charge in [-0.2, -0.15) is 0 Å². The molecule has 2 aliphatic rings. The molecule has 1 N–H and O–H groups in total. The standard InChI is InChI=1S/C14H15NO2.C2H6/c1-3-10(2)8-9-13-15-14(16)11-6-4-5-7-12(11)17-13;1-2/h3-9,11-12H,1H2,2H3,(H,15,16);1-2H3/b10-8-,13-9+;. The number of ether oxygens (including phenoxy) is 1. The van der Waals surface area contributed by atoms with Crippen LogP contribution in [0.25, 0.3) is 0 Å². The van der Waals surface area contributed by atoms with Crippen molar-refractivity contribution in [2.24, 2.45) is 5.92 Å². The lowest BCUT2D eigenvalue weighted by Crippen LogP contribution is -2.44. The van der Waals surface area contributed by atoms with Crippen LogP contribution in [0.4, 0.5) is 0 Å². The number of nitrogens with one attached hydrogen (secondary N) is 1. The van der Waals surface area contributed by atoms with E-state index in [0.717, 1.165) is 5.57 Å². The van der Waals surface area contributed by atoms with Gasteiger partial charge in [0.1, 0.15) is 6.10 Å². The van der Waals surface area contributed by atoms with Gasteiger partial charge in [-0.15, -0.1) is 0 Å². The highest BCUT2D eigenvalue weighted by molar-refractivity contribution is 5.84. The number of fused-ring (bicyclic) bond motifs is 1. The summed E-state index contributed by atoms with van der Waals surface area (Å²) in [6.07, 6.45) is 12.6. The molecule has 1 heterocycles. The van der Waals surface area contributed by atoms with E-state index in [-0.39, 0.29) is 17.9 Å². The highest BCUT2D eigenvalue weighted by Gasteiger charge is 2.32. The Bertz CT molecular complexity index is 455. The van der Waals surface area contributed by atoms with Gasteiger partial charge in [-0.25, -0.2) is 0 Å². The second kappa shape index (κ2) is 7.41. The summed E-state index contributed by atoms with van der Waals surface area (Å²) in [5.74, 6) is 0.233. The number of carbonyl (C=O) groups excluding carboxylic acids is 1. The van der Waals surface area contributed by atoms with Gasteiger partial charge in [-0.05, 0) is 19.1 Å². The van der Waals surface area contributed by atoms with Gasteiger partial charge < -0.3 is 4.74 Å². The third-order valence-corrected chi connectivity index (χ3v) is 2.72. The number of hydrogen-bond donors (Lipinski definition) is 1. The van der Waals surface area contributed by atoms with Crippen LogP contribution in [-0.2, 0) is 9.53 Å². The molecule has 3 nitrogen and oxygen atoms in total. The summed E-state index contributed by atoms with van der Waals surface area (Å²) >= 11 is 0. The van der Waals surface area contributed by atoms with Crippen molar-refractivity contribution in [1.29, 1.82) is 0 Å². The summed E-state index contributed by atoms with van der Waals surface area (Å²) in [4.78, 5) is 11.8. The summed E-state index contributed by atoms with van der Waals surface area (Å²) < 4.78 is 5.67. The molecule has 0 aromatic rings. The van der Waals surface area contributed by atoms with Gasteiger partial charge in [0, 0.05) is 0 Å². The number of rotatable bonds is 2. The number of carbonyl (C=O) groups is 1. The summed E-state index contributed by atoms with van der Waals surface area (Å²) in [5, 5.41) is 2.73. The van der Waals surface area contributed by atoms with Crippen LogP contribution >= 0.6 is 0 Å². The molecule has 0 aromatic heterocycles. The zero-order chi connectivity index (χ0) is 14.3. The van der Waals surface area contributed by atoms with E-state index < -0.39 is 0 Å². The molecule has 1 amide bonds. The van der Waals surface area contributed by atoms with E-state index in [1.54, 1.807) is 12.2 Å². The Morgan fingerprint density at radius 3 is 2.74 bits per heavy atom. The van der Waals surface area contributed by atoms with E-state index in [4.69, 9.17) is 4.74 Å². The maximum absolute atomic E-state index is 11.8. The summed E-state index contributed by atoms with van der Waals surface area (Å²) in [6.45, 7) is 9.59. The molecule has 3 heteroatoms. The molecule has 1 aliphatic carbocycles. The highest BCUT2D eigenvalue weighted by Crippen LogP contribution is 2.23. The van der Waals surface area contributed by atoms with Crippen molar-refractivity contribution in [3.63, 3.8) is 0 Å². The zero-order valence-corrected chi connectivity index (χ0v) is 11.7. The molecule has 1 aliphatic heterocycles. The first-order valence-corrected chi connectivity index (χ1v) is 6.54. The van der Waals surface area contributed by atoms with Crippen LogP contribution in [0.3, 0.4) is 0 Å². The van der Waals surface area contributed by atoms with Crippen molar-refractivity contribution in [1.82, 2.24) is 5.32 Å². The van der Waals surface area contributed by atoms with E-state index in [0.29, 0.717) is 5.88 Å². The van der Waals surface area contributed by atoms with E-state index >= 15 is 0 Å². The predicted molar refractivity (Wildman–Crippen MR) is 78.2 cm³/mol. The minimum atomic E-state index is -0.221. The van der Waals surface area contributed by atoms with E-state index in [9.17, 15) is 4.79 Å². The fourth-order valence-corrected chi connectivity index (χ4v) is 1.67. The van der Waals surface area contributed by atoms with Gasteiger partial charge in [-0.1, -0.05) is 56.4 Å². The minimum absolute atomic E-state index is 0.0299. The molecule has 0 saturated carbocycles. The first kappa shape index (κ1) is 15.0. The molecule has 0 radical (unpaired) electrons. The van der Waals surface area contributed by atoms with Crippen LogP contribution in [0.5, 0.6) is 0 Å². The van der Waals surface area contributed by atoms with Crippen molar-refractivity contribution in [3.8, 4) is 0 Å². The molecular weight excluding hydrogens is 238 g/mol. The van der Waals surface area contributed by atoms with Crippen LogP contribution in [0.15, 0.2) is 60.6 Å². The molecule has 2 atom stereocenters. The lowest BCUT2D eigenvalue weighted by molar-refractivity contribution is -0.130. The lowest BCUT2D eigenvalue weighted by Gasteiger charge is -2.30. The zero-order valence-electron chi connectivity index (χ0n) is 11.7. The summed E-state index contributed by atoms with van der Waals surface area (Å²) in [6, 6.07) is 0. The molecule has 2 rings (SSSR count). The molecule has 0 bridgehead atoms. The SMILES string of the molecule is C=C/C(C)=C\C=C1/NC(=O)C2C=CC=CC2O1.CC. The third-order valence-electron chi connectivity index (χ3n) is 2.72. The first-order valence-electron chi connectivity index (χ1n) is 6.54. The fraction of sp³-hybridized carbons (Fsp3) is 0.312. The molecule has 0 spiro atoms. The molecular formula is C16H21NO2. The maximum Gasteiger partial charge on any atom is 0.237 e. The first-order chi connectivity index (χ1) is 9.20. The van der Waals surface area contributed by atoms with Gasteiger partial charge in [0.15, 0.2) is 5.88 Å². The van der Waals surface area contributed by atoms with Crippen molar-refractivity contribution in [3.05, 3.63) is 60.6 Å². The Labute approximate surface area is 115 Å². The number of allylic oxidation sites excluding steroid dienone is 6. The number of hydrogen-bond acceptors (Lipinski definition) is 2.